The highest BCUT2D eigenvalue weighted by molar-refractivity contribution is 5.84. The Morgan fingerprint density at radius 1 is 1.46 bits per heavy atom. The molecule has 0 radical (unpaired) electrons. The minimum absolute atomic E-state index is 0.237. The molecule has 0 aliphatic carbocycles. The van der Waals surface area contributed by atoms with E-state index >= 15 is 0 Å². The van der Waals surface area contributed by atoms with Gasteiger partial charge in [-0.15, -0.1) is 0 Å². The van der Waals surface area contributed by atoms with Crippen molar-refractivity contribution >= 4 is 5.91 Å². The van der Waals surface area contributed by atoms with Crippen molar-refractivity contribution in [1.29, 1.82) is 0 Å². The number of nitrogens with one attached hydrogen (secondary N) is 1. The lowest BCUT2D eigenvalue weighted by Crippen LogP contribution is -2.20. The van der Waals surface area contributed by atoms with Gasteiger partial charge < -0.3 is 5.73 Å². The Labute approximate surface area is 74.7 Å². The number of primary amides is 1. The number of nitrogens with two attached hydrogens (primary N) is 1. The largest absolute Gasteiger partial charge is 0.368 e. The van der Waals surface area contributed by atoms with Crippen LogP contribution in [0.4, 0.5) is 4.39 Å². The van der Waals surface area contributed by atoms with Gasteiger partial charge in [-0.1, -0.05) is 18.2 Å². The van der Waals surface area contributed by atoms with Crippen molar-refractivity contribution in [1.82, 2.24) is 5.32 Å². The van der Waals surface area contributed by atoms with Crippen molar-refractivity contribution < 1.29 is 9.18 Å². The summed E-state index contributed by atoms with van der Waals surface area (Å²) in [5.41, 5.74) is 5.56. The fourth-order valence-electron chi connectivity index (χ4n) is 1.38. The summed E-state index contributed by atoms with van der Waals surface area (Å²) in [5, 5.41) is 2.81. The molecular weight excluding hydrogens is 171 g/mol. The zero-order chi connectivity index (χ0) is 9.42. The van der Waals surface area contributed by atoms with Crippen LogP contribution in [-0.4, -0.2) is 11.9 Å². The first-order valence-corrected chi connectivity index (χ1v) is 4.00. The van der Waals surface area contributed by atoms with E-state index in [-0.39, 0.29) is 11.9 Å². The van der Waals surface area contributed by atoms with E-state index in [0.717, 1.165) is 0 Å². The number of carbonyl (C=O) groups excluding carboxylic acids is 1. The lowest BCUT2D eigenvalue weighted by molar-refractivity contribution is -0.117. The third kappa shape index (κ3) is 1.40. The molecule has 1 amide bonds. The highest BCUT2D eigenvalue weighted by Crippen LogP contribution is 2.30. The lowest BCUT2D eigenvalue weighted by Gasteiger charge is -1.97. The minimum atomic E-state index is -0.437. The average Bonchev–Trinajstić information content (AvgIpc) is 2.84. The number of hydrogen-bond donors (Lipinski definition) is 2. The summed E-state index contributed by atoms with van der Waals surface area (Å²) in [6, 6.07) is 5.72. The van der Waals surface area contributed by atoms with E-state index in [4.69, 9.17) is 5.73 Å². The van der Waals surface area contributed by atoms with Crippen LogP contribution in [0.1, 0.15) is 11.6 Å². The first-order chi connectivity index (χ1) is 6.20. The fourth-order valence-corrected chi connectivity index (χ4v) is 1.38. The quantitative estimate of drug-likeness (QED) is 0.644. The molecule has 1 aliphatic rings. The molecule has 0 saturated carbocycles. The maximum absolute atomic E-state index is 13.1. The first-order valence-electron chi connectivity index (χ1n) is 4.00. The number of amides is 1. The van der Waals surface area contributed by atoms with Crippen LogP contribution in [0.2, 0.25) is 0 Å². The molecule has 0 unspecified atom stereocenters. The van der Waals surface area contributed by atoms with Crippen LogP contribution < -0.4 is 11.1 Å². The summed E-state index contributed by atoms with van der Waals surface area (Å²) in [6.45, 7) is 0. The van der Waals surface area contributed by atoms with E-state index in [9.17, 15) is 9.18 Å². The topological polar surface area (TPSA) is 65.0 Å². The Hall–Kier alpha value is -1.42. The summed E-state index contributed by atoms with van der Waals surface area (Å²) < 4.78 is 13.1. The molecule has 1 fully saturated rings. The van der Waals surface area contributed by atoms with Crippen molar-refractivity contribution in [2.24, 2.45) is 5.73 Å². The number of carbonyl (C=O) groups is 1. The highest BCUT2D eigenvalue weighted by Gasteiger charge is 2.43. The molecule has 0 aromatic heterocycles. The van der Waals surface area contributed by atoms with Crippen LogP contribution in [-0.2, 0) is 4.79 Å². The molecule has 0 spiro atoms. The fraction of sp³-hybridized carbons (Fsp3) is 0.222. The number of hydrogen-bond acceptors (Lipinski definition) is 2. The van der Waals surface area contributed by atoms with E-state index < -0.39 is 11.9 Å². The van der Waals surface area contributed by atoms with Crippen molar-refractivity contribution in [2.75, 3.05) is 0 Å². The van der Waals surface area contributed by atoms with Gasteiger partial charge >= 0.3 is 0 Å². The van der Waals surface area contributed by atoms with E-state index in [1.165, 1.54) is 6.07 Å². The monoisotopic (exact) mass is 180 g/mol. The maximum Gasteiger partial charge on any atom is 0.236 e. The Morgan fingerprint density at radius 3 is 2.69 bits per heavy atom. The van der Waals surface area contributed by atoms with Crippen molar-refractivity contribution in [3.63, 3.8) is 0 Å². The Balaban J connectivity index is 2.21. The minimum Gasteiger partial charge on any atom is -0.368 e. The molecule has 2 rings (SSSR count). The van der Waals surface area contributed by atoms with Gasteiger partial charge in [-0.2, -0.15) is 0 Å². The molecule has 1 aliphatic heterocycles. The van der Waals surface area contributed by atoms with E-state index in [0.29, 0.717) is 5.56 Å². The van der Waals surface area contributed by atoms with Crippen molar-refractivity contribution in [3.05, 3.63) is 35.6 Å². The van der Waals surface area contributed by atoms with Crippen LogP contribution in [0, 0.1) is 5.82 Å². The van der Waals surface area contributed by atoms with Gasteiger partial charge in [0, 0.05) is 5.56 Å². The summed E-state index contributed by atoms with van der Waals surface area (Å²) in [7, 11) is 0. The summed E-state index contributed by atoms with van der Waals surface area (Å²) in [4.78, 5) is 10.7. The second-order valence-corrected chi connectivity index (χ2v) is 3.05. The average molecular weight is 180 g/mol. The van der Waals surface area contributed by atoms with Gasteiger partial charge in [-0.3, -0.25) is 10.1 Å². The van der Waals surface area contributed by atoms with Gasteiger partial charge in [0.2, 0.25) is 5.91 Å². The van der Waals surface area contributed by atoms with Gasteiger partial charge in [0.25, 0.3) is 0 Å². The molecule has 1 heterocycles. The molecule has 1 aromatic carbocycles. The zero-order valence-electron chi connectivity index (χ0n) is 6.83. The molecule has 13 heavy (non-hydrogen) atoms. The maximum atomic E-state index is 13.1. The third-order valence-electron chi connectivity index (χ3n) is 2.13. The van der Waals surface area contributed by atoms with Crippen LogP contribution >= 0.6 is 0 Å². The molecule has 1 aromatic rings. The molecule has 3 nitrogen and oxygen atoms in total. The molecule has 2 atom stereocenters. The predicted octanol–water partition coefficient (Wildman–Crippen LogP) is 0.324. The smallest absolute Gasteiger partial charge is 0.236 e. The van der Waals surface area contributed by atoms with Gasteiger partial charge in [-0.05, 0) is 6.07 Å². The van der Waals surface area contributed by atoms with Gasteiger partial charge in [0.05, 0.1) is 6.04 Å². The Morgan fingerprint density at radius 2 is 2.15 bits per heavy atom. The number of benzene rings is 1. The van der Waals surface area contributed by atoms with E-state index in [1.54, 1.807) is 18.2 Å². The van der Waals surface area contributed by atoms with Crippen molar-refractivity contribution in [3.8, 4) is 0 Å². The molecular formula is C9H9FN2O. The molecule has 1 saturated heterocycles. The van der Waals surface area contributed by atoms with Crippen LogP contribution in [0.5, 0.6) is 0 Å². The summed E-state index contributed by atoms with van der Waals surface area (Å²) in [6.07, 6.45) is 0. The SMILES string of the molecule is NC(=O)[C@@H]1N[C@@H]1c1ccccc1F. The zero-order valence-corrected chi connectivity index (χ0v) is 6.83. The standard InChI is InChI=1S/C9H9FN2O/c10-6-4-2-1-3-5(6)7-8(12-7)9(11)13/h1-4,7-8,12H,(H2,11,13)/t7-,8-/m1/s1. The number of halogens is 1. The lowest BCUT2D eigenvalue weighted by atomic mass is 10.1. The second-order valence-electron chi connectivity index (χ2n) is 3.05. The van der Waals surface area contributed by atoms with E-state index in [2.05, 4.69) is 5.32 Å². The third-order valence-corrected chi connectivity index (χ3v) is 2.13. The van der Waals surface area contributed by atoms with Crippen LogP contribution in [0.25, 0.3) is 0 Å². The van der Waals surface area contributed by atoms with Crippen LogP contribution in [0.3, 0.4) is 0 Å². The summed E-state index contributed by atoms with van der Waals surface area (Å²) >= 11 is 0. The molecule has 3 N–H and O–H groups in total. The van der Waals surface area contributed by atoms with Gasteiger partial charge in [0.15, 0.2) is 0 Å². The molecule has 0 bridgehead atoms. The first kappa shape index (κ1) is 8.19. The van der Waals surface area contributed by atoms with Crippen molar-refractivity contribution in [2.45, 2.75) is 12.1 Å². The molecule has 4 heteroatoms. The predicted molar refractivity (Wildman–Crippen MR) is 45.3 cm³/mol. The normalized spacial score (nSPS) is 25.6. The highest BCUT2D eigenvalue weighted by atomic mass is 19.1. The van der Waals surface area contributed by atoms with Gasteiger partial charge in [0.1, 0.15) is 11.9 Å². The molecule has 68 valence electrons. The summed E-state index contributed by atoms with van der Waals surface area (Å²) in [5.74, 6) is -0.739. The van der Waals surface area contributed by atoms with Crippen LogP contribution in [0.15, 0.2) is 24.3 Å². The van der Waals surface area contributed by atoms with E-state index in [1.807, 2.05) is 0 Å². The van der Waals surface area contributed by atoms with Gasteiger partial charge in [-0.25, -0.2) is 4.39 Å². The Kier molecular flexibility index (Phi) is 1.77. The second kappa shape index (κ2) is 2.81. The number of rotatable bonds is 2. The Bertz CT molecular complexity index is 353.